The minimum atomic E-state index is -0.717. The lowest BCUT2D eigenvalue weighted by Crippen LogP contribution is -2.47. The van der Waals surface area contributed by atoms with Crippen molar-refractivity contribution in [2.75, 3.05) is 13.2 Å². The molecule has 3 heteroatoms. The molecule has 0 bridgehead atoms. The van der Waals surface area contributed by atoms with Crippen LogP contribution in [0.5, 0.6) is 0 Å². The van der Waals surface area contributed by atoms with E-state index in [1.54, 1.807) is 0 Å². The maximum absolute atomic E-state index is 10.6. The van der Waals surface area contributed by atoms with Gasteiger partial charge < -0.3 is 9.84 Å². The maximum Gasteiger partial charge on any atom is 0.303 e. The topological polar surface area (TPSA) is 46.5 Å². The molecule has 0 amide bonds. The molecule has 18 heavy (non-hydrogen) atoms. The Morgan fingerprint density at radius 3 is 2.61 bits per heavy atom. The summed E-state index contributed by atoms with van der Waals surface area (Å²) in [6, 6.07) is 6.49. The summed E-state index contributed by atoms with van der Waals surface area (Å²) in [4.78, 5) is 10.6. The Balaban J connectivity index is 2.13. The van der Waals surface area contributed by atoms with Gasteiger partial charge >= 0.3 is 5.97 Å². The summed E-state index contributed by atoms with van der Waals surface area (Å²) in [6.07, 6.45) is 1.85. The number of ether oxygens (including phenoxy) is 1. The zero-order chi connectivity index (χ0) is 13.2. The normalized spacial score (nSPS) is 17.2. The summed E-state index contributed by atoms with van der Waals surface area (Å²) in [5, 5.41) is 8.73. The first-order valence-corrected chi connectivity index (χ1v) is 6.41. The Labute approximate surface area is 108 Å². The number of aryl methyl sites for hydroxylation is 2. The van der Waals surface area contributed by atoms with Gasteiger partial charge in [-0.25, -0.2) is 0 Å². The molecule has 1 aliphatic rings. The lowest BCUT2D eigenvalue weighted by Gasteiger charge is -2.43. The molecule has 3 nitrogen and oxygen atoms in total. The molecule has 0 radical (unpaired) electrons. The molecule has 1 N–H and O–H groups in total. The van der Waals surface area contributed by atoms with Crippen LogP contribution in [0.1, 0.15) is 36.0 Å². The predicted octanol–water partition coefficient (Wildman–Crippen LogP) is 2.83. The van der Waals surface area contributed by atoms with Crippen molar-refractivity contribution in [3.05, 3.63) is 34.9 Å². The number of hydrogen-bond acceptors (Lipinski definition) is 2. The summed E-state index contributed by atoms with van der Waals surface area (Å²) in [5.41, 5.74) is 3.92. The molecule has 1 aliphatic heterocycles. The van der Waals surface area contributed by atoms with Gasteiger partial charge in [-0.15, -0.1) is 0 Å². The highest BCUT2D eigenvalue weighted by molar-refractivity contribution is 5.66. The molecule has 0 saturated carbocycles. The summed E-state index contributed by atoms with van der Waals surface area (Å²) >= 11 is 0. The van der Waals surface area contributed by atoms with Gasteiger partial charge in [0.2, 0.25) is 0 Å². The van der Waals surface area contributed by atoms with E-state index >= 15 is 0 Å². The fourth-order valence-electron chi connectivity index (χ4n) is 2.77. The first-order valence-electron chi connectivity index (χ1n) is 6.41. The highest BCUT2D eigenvalue weighted by atomic mass is 16.5. The third-order valence-corrected chi connectivity index (χ3v) is 3.76. The molecule has 1 fully saturated rings. The number of benzene rings is 1. The van der Waals surface area contributed by atoms with Crippen LogP contribution in [0.4, 0.5) is 0 Å². The number of aliphatic carboxylic acids is 1. The van der Waals surface area contributed by atoms with Crippen LogP contribution in [-0.2, 0) is 14.9 Å². The van der Waals surface area contributed by atoms with Crippen LogP contribution in [-0.4, -0.2) is 24.3 Å². The van der Waals surface area contributed by atoms with Crippen molar-refractivity contribution in [1.29, 1.82) is 0 Å². The standard InChI is InChI=1S/C15H20O3/c1-11-5-6-13(12(2)8-11)15(9-18-10-15)7-3-4-14(16)17/h5-6,8H,3-4,7,9-10H2,1-2H3,(H,16,17). The van der Waals surface area contributed by atoms with Crippen molar-refractivity contribution < 1.29 is 14.6 Å². The predicted molar refractivity (Wildman–Crippen MR) is 69.9 cm³/mol. The second kappa shape index (κ2) is 5.11. The van der Waals surface area contributed by atoms with E-state index in [0.29, 0.717) is 6.42 Å². The summed E-state index contributed by atoms with van der Waals surface area (Å²) in [7, 11) is 0. The van der Waals surface area contributed by atoms with Crippen molar-refractivity contribution in [2.24, 2.45) is 0 Å². The molecule has 1 saturated heterocycles. The average molecular weight is 248 g/mol. The SMILES string of the molecule is Cc1ccc(C2(CCCC(=O)O)COC2)c(C)c1. The van der Waals surface area contributed by atoms with Crippen LogP contribution in [0.15, 0.2) is 18.2 Å². The van der Waals surface area contributed by atoms with Gasteiger partial charge in [-0.05, 0) is 37.8 Å². The lowest BCUT2D eigenvalue weighted by atomic mass is 9.73. The first kappa shape index (κ1) is 13.1. The van der Waals surface area contributed by atoms with Gasteiger partial charge in [0, 0.05) is 11.8 Å². The summed E-state index contributed by atoms with van der Waals surface area (Å²) in [5.74, 6) is -0.717. The quantitative estimate of drug-likeness (QED) is 0.871. The number of carboxylic acids is 1. The van der Waals surface area contributed by atoms with Crippen LogP contribution in [0.3, 0.4) is 0 Å². The number of rotatable bonds is 5. The Bertz CT molecular complexity index is 447. The maximum atomic E-state index is 10.6. The van der Waals surface area contributed by atoms with Crippen LogP contribution in [0.25, 0.3) is 0 Å². The van der Waals surface area contributed by atoms with Crippen molar-refractivity contribution >= 4 is 5.97 Å². The monoisotopic (exact) mass is 248 g/mol. The van der Waals surface area contributed by atoms with E-state index in [1.807, 2.05) is 0 Å². The van der Waals surface area contributed by atoms with Gasteiger partial charge in [0.1, 0.15) is 0 Å². The highest BCUT2D eigenvalue weighted by Gasteiger charge is 2.40. The highest BCUT2D eigenvalue weighted by Crippen LogP contribution is 2.39. The Morgan fingerprint density at radius 1 is 1.39 bits per heavy atom. The van der Waals surface area contributed by atoms with E-state index in [1.165, 1.54) is 16.7 Å². The molecule has 0 atom stereocenters. The van der Waals surface area contributed by atoms with E-state index < -0.39 is 5.97 Å². The fourth-order valence-corrected chi connectivity index (χ4v) is 2.77. The van der Waals surface area contributed by atoms with Gasteiger partial charge in [0.25, 0.3) is 0 Å². The second-order valence-corrected chi connectivity index (χ2v) is 5.34. The molecule has 0 unspecified atom stereocenters. The van der Waals surface area contributed by atoms with Crippen molar-refractivity contribution in [2.45, 2.75) is 38.5 Å². The van der Waals surface area contributed by atoms with E-state index in [4.69, 9.17) is 9.84 Å². The number of hydrogen-bond donors (Lipinski definition) is 1. The molecule has 0 aromatic heterocycles. The number of carboxylic acid groups (broad SMARTS) is 1. The van der Waals surface area contributed by atoms with Crippen LogP contribution >= 0.6 is 0 Å². The fraction of sp³-hybridized carbons (Fsp3) is 0.533. The van der Waals surface area contributed by atoms with Gasteiger partial charge in [-0.2, -0.15) is 0 Å². The average Bonchev–Trinajstić information content (AvgIpc) is 2.23. The van der Waals surface area contributed by atoms with E-state index in [0.717, 1.165) is 19.6 Å². The molecule has 1 aromatic rings. The molecule has 2 rings (SSSR count). The zero-order valence-corrected chi connectivity index (χ0v) is 11.0. The van der Waals surface area contributed by atoms with Crippen LogP contribution in [0.2, 0.25) is 0 Å². The van der Waals surface area contributed by atoms with Gasteiger partial charge in [0.05, 0.1) is 13.2 Å². The largest absolute Gasteiger partial charge is 0.481 e. The summed E-state index contributed by atoms with van der Waals surface area (Å²) in [6.45, 7) is 5.65. The van der Waals surface area contributed by atoms with E-state index in [-0.39, 0.29) is 11.8 Å². The van der Waals surface area contributed by atoms with Gasteiger partial charge in [0.15, 0.2) is 0 Å². The Kier molecular flexibility index (Phi) is 3.71. The Hall–Kier alpha value is -1.35. The van der Waals surface area contributed by atoms with Crippen molar-refractivity contribution in [3.63, 3.8) is 0 Å². The molecular formula is C15H20O3. The number of carbonyl (C=O) groups is 1. The van der Waals surface area contributed by atoms with Crippen molar-refractivity contribution in [1.82, 2.24) is 0 Å². The molecule has 0 spiro atoms. The molecule has 98 valence electrons. The van der Waals surface area contributed by atoms with Crippen LogP contribution < -0.4 is 0 Å². The van der Waals surface area contributed by atoms with Crippen LogP contribution in [0, 0.1) is 13.8 Å². The molecule has 1 heterocycles. The molecule has 1 aromatic carbocycles. The first-order chi connectivity index (χ1) is 8.53. The minimum absolute atomic E-state index is 0.0488. The van der Waals surface area contributed by atoms with Gasteiger partial charge in [-0.1, -0.05) is 23.8 Å². The molecule has 0 aliphatic carbocycles. The van der Waals surface area contributed by atoms with E-state index in [9.17, 15) is 4.79 Å². The third kappa shape index (κ3) is 2.56. The third-order valence-electron chi connectivity index (χ3n) is 3.76. The lowest BCUT2D eigenvalue weighted by molar-refractivity contribution is -0.137. The van der Waals surface area contributed by atoms with Gasteiger partial charge in [-0.3, -0.25) is 4.79 Å². The second-order valence-electron chi connectivity index (χ2n) is 5.34. The minimum Gasteiger partial charge on any atom is -0.481 e. The van der Waals surface area contributed by atoms with E-state index in [2.05, 4.69) is 32.0 Å². The zero-order valence-electron chi connectivity index (χ0n) is 11.0. The van der Waals surface area contributed by atoms with Crippen molar-refractivity contribution in [3.8, 4) is 0 Å². The summed E-state index contributed by atoms with van der Waals surface area (Å²) < 4.78 is 5.39. The Morgan fingerprint density at radius 2 is 2.11 bits per heavy atom. The smallest absolute Gasteiger partial charge is 0.303 e. The molecular weight excluding hydrogens is 228 g/mol.